The van der Waals surface area contributed by atoms with Gasteiger partial charge in [-0.15, -0.1) is 0 Å². The first-order chi connectivity index (χ1) is 6.00. The monoisotopic (exact) mass is 181 g/mol. The van der Waals surface area contributed by atoms with E-state index in [4.69, 9.17) is 0 Å². The number of amides is 1. The lowest BCUT2D eigenvalue weighted by atomic mass is 9.74. The van der Waals surface area contributed by atoms with Crippen molar-refractivity contribution in [2.75, 3.05) is 6.54 Å². The Morgan fingerprint density at radius 3 is 2.31 bits per heavy atom. The van der Waals surface area contributed by atoms with Crippen LogP contribution in [0, 0.1) is 11.8 Å². The van der Waals surface area contributed by atoms with E-state index >= 15 is 0 Å². The highest BCUT2D eigenvalue weighted by atomic mass is 16.2. The Kier molecular flexibility index (Phi) is 1.90. The average molecular weight is 181 g/mol. The molecule has 74 valence electrons. The van der Waals surface area contributed by atoms with Gasteiger partial charge in [-0.05, 0) is 39.0 Å². The second-order valence-corrected chi connectivity index (χ2v) is 5.33. The van der Waals surface area contributed by atoms with Crippen LogP contribution in [0.3, 0.4) is 0 Å². The number of hydrogen-bond donors (Lipinski definition) is 0. The minimum atomic E-state index is 0.149. The molecule has 0 aromatic carbocycles. The number of carbonyl (C=O) groups is 1. The summed E-state index contributed by atoms with van der Waals surface area (Å²) in [5.41, 5.74) is 0.149. The molecule has 2 nitrogen and oxygen atoms in total. The summed E-state index contributed by atoms with van der Waals surface area (Å²) in [5.74, 6) is 1.54. The van der Waals surface area contributed by atoms with Crippen molar-refractivity contribution in [3.63, 3.8) is 0 Å². The molecule has 1 saturated heterocycles. The molecular formula is C11H19NO. The molecule has 0 radical (unpaired) electrons. The van der Waals surface area contributed by atoms with E-state index in [-0.39, 0.29) is 5.54 Å². The minimum Gasteiger partial charge on any atom is -0.337 e. The molecule has 2 fully saturated rings. The van der Waals surface area contributed by atoms with E-state index in [1.165, 1.54) is 6.42 Å². The summed E-state index contributed by atoms with van der Waals surface area (Å²) in [7, 11) is 0. The number of nitrogens with zero attached hydrogens (tertiary/aromatic N) is 1. The maximum Gasteiger partial charge on any atom is 0.226 e. The van der Waals surface area contributed by atoms with E-state index < -0.39 is 0 Å². The fourth-order valence-corrected chi connectivity index (χ4v) is 2.40. The van der Waals surface area contributed by atoms with Gasteiger partial charge in [0, 0.05) is 18.0 Å². The highest BCUT2D eigenvalue weighted by molar-refractivity contribution is 5.81. The number of likely N-dealkylation sites (tertiary alicyclic amines) is 1. The zero-order valence-corrected chi connectivity index (χ0v) is 8.84. The van der Waals surface area contributed by atoms with Crippen LogP contribution in [0.25, 0.3) is 0 Å². The molecule has 1 saturated carbocycles. The molecule has 1 amide bonds. The molecule has 1 aliphatic carbocycles. The second kappa shape index (κ2) is 2.73. The van der Waals surface area contributed by atoms with Gasteiger partial charge >= 0.3 is 0 Å². The summed E-state index contributed by atoms with van der Waals surface area (Å²) < 4.78 is 0. The van der Waals surface area contributed by atoms with Crippen LogP contribution in [0.2, 0.25) is 0 Å². The Labute approximate surface area is 80.3 Å². The molecule has 0 aromatic heterocycles. The predicted molar refractivity (Wildman–Crippen MR) is 52.3 cm³/mol. The van der Waals surface area contributed by atoms with Crippen LogP contribution in [0.15, 0.2) is 0 Å². The van der Waals surface area contributed by atoms with Gasteiger partial charge in [0.25, 0.3) is 0 Å². The molecule has 1 aliphatic heterocycles. The van der Waals surface area contributed by atoms with Crippen LogP contribution in [0.1, 0.15) is 40.0 Å². The van der Waals surface area contributed by atoms with Crippen molar-refractivity contribution in [2.24, 2.45) is 11.8 Å². The summed E-state index contributed by atoms with van der Waals surface area (Å²) in [6.07, 6.45) is 3.40. The van der Waals surface area contributed by atoms with Crippen molar-refractivity contribution in [1.82, 2.24) is 4.90 Å². The van der Waals surface area contributed by atoms with Gasteiger partial charge in [0.05, 0.1) is 0 Å². The van der Waals surface area contributed by atoms with Crippen LogP contribution in [0.4, 0.5) is 0 Å². The van der Waals surface area contributed by atoms with E-state index in [1.807, 2.05) is 0 Å². The molecular weight excluding hydrogens is 162 g/mol. The Morgan fingerprint density at radius 2 is 2.00 bits per heavy atom. The Morgan fingerprint density at radius 1 is 1.38 bits per heavy atom. The molecule has 0 bridgehead atoms. The predicted octanol–water partition coefficient (Wildman–Crippen LogP) is 2.04. The van der Waals surface area contributed by atoms with Crippen molar-refractivity contribution in [1.29, 1.82) is 0 Å². The molecule has 0 atom stereocenters. The molecule has 0 N–H and O–H groups in total. The van der Waals surface area contributed by atoms with Gasteiger partial charge in [-0.25, -0.2) is 0 Å². The zero-order valence-electron chi connectivity index (χ0n) is 8.84. The van der Waals surface area contributed by atoms with Gasteiger partial charge in [0.15, 0.2) is 0 Å². The summed E-state index contributed by atoms with van der Waals surface area (Å²) in [6, 6.07) is 0. The smallest absolute Gasteiger partial charge is 0.226 e. The van der Waals surface area contributed by atoms with Gasteiger partial charge in [-0.3, -0.25) is 4.79 Å². The van der Waals surface area contributed by atoms with E-state index in [1.54, 1.807) is 0 Å². The third-order valence-electron chi connectivity index (χ3n) is 3.67. The third kappa shape index (κ3) is 1.36. The molecule has 2 rings (SSSR count). The fraction of sp³-hybridized carbons (Fsp3) is 0.909. The number of hydrogen-bond acceptors (Lipinski definition) is 1. The van der Waals surface area contributed by atoms with E-state index in [0.717, 1.165) is 25.3 Å². The van der Waals surface area contributed by atoms with Crippen LogP contribution in [-0.4, -0.2) is 22.9 Å². The van der Waals surface area contributed by atoms with Gasteiger partial charge < -0.3 is 4.90 Å². The lowest BCUT2D eigenvalue weighted by molar-refractivity contribution is -0.153. The van der Waals surface area contributed by atoms with Crippen LogP contribution in [0.5, 0.6) is 0 Å². The molecule has 1 heterocycles. The second-order valence-electron chi connectivity index (χ2n) is 5.33. The SMILES string of the molecule is CC1CC(C(=O)N2CCC2(C)C)C1. The molecule has 2 aliphatic rings. The van der Waals surface area contributed by atoms with Crippen LogP contribution >= 0.6 is 0 Å². The van der Waals surface area contributed by atoms with Gasteiger partial charge in [0.1, 0.15) is 0 Å². The maximum absolute atomic E-state index is 11.9. The van der Waals surface area contributed by atoms with Crippen LogP contribution in [-0.2, 0) is 4.79 Å². The Bertz CT molecular complexity index is 228. The van der Waals surface area contributed by atoms with Crippen LogP contribution < -0.4 is 0 Å². The molecule has 2 heteroatoms. The normalized spacial score (nSPS) is 36.4. The third-order valence-corrected chi connectivity index (χ3v) is 3.67. The average Bonchev–Trinajstić information content (AvgIpc) is 1.96. The highest BCUT2D eigenvalue weighted by Gasteiger charge is 2.44. The molecule has 0 spiro atoms. The first-order valence-corrected chi connectivity index (χ1v) is 5.32. The molecule has 13 heavy (non-hydrogen) atoms. The van der Waals surface area contributed by atoms with Crippen molar-refractivity contribution in [2.45, 2.75) is 45.6 Å². The molecule has 0 unspecified atom stereocenters. The first kappa shape index (κ1) is 9.04. The lowest BCUT2D eigenvalue weighted by Crippen LogP contribution is -2.60. The fourth-order valence-electron chi connectivity index (χ4n) is 2.40. The van der Waals surface area contributed by atoms with E-state index in [2.05, 4.69) is 25.7 Å². The van der Waals surface area contributed by atoms with Crippen molar-refractivity contribution in [3.8, 4) is 0 Å². The van der Waals surface area contributed by atoms with Gasteiger partial charge in [-0.2, -0.15) is 0 Å². The van der Waals surface area contributed by atoms with E-state index in [0.29, 0.717) is 11.8 Å². The summed E-state index contributed by atoms with van der Waals surface area (Å²) in [5, 5.41) is 0. The number of rotatable bonds is 1. The first-order valence-electron chi connectivity index (χ1n) is 5.32. The summed E-state index contributed by atoms with van der Waals surface area (Å²) in [4.78, 5) is 14.0. The Balaban J connectivity index is 1.91. The van der Waals surface area contributed by atoms with Crippen molar-refractivity contribution < 1.29 is 4.79 Å². The summed E-state index contributed by atoms with van der Waals surface area (Å²) >= 11 is 0. The highest BCUT2D eigenvalue weighted by Crippen LogP contribution is 2.39. The van der Waals surface area contributed by atoms with Gasteiger partial charge in [0.2, 0.25) is 5.91 Å². The minimum absolute atomic E-state index is 0.149. The largest absolute Gasteiger partial charge is 0.337 e. The topological polar surface area (TPSA) is 20.3 Å². The number of carbonyl (C=O) groups excluding carboxylic acids is 1. The lowest BCUT2D eigenvalue weighted by Gasteiger charge is -2.51. The zero-order chi connectivity index (χ0) is 9.64. The standard InChI is InChI=1S/C11H19NO/c1-8-6-9(7-8)10(13)12-5-4-11(12,2)3/h8-9H,4-7H2,1-3H3. The van der Waals surface area contributed by atoms with Crippen molar-refractivity contribution >= 4 is 5.91 Å². The van der Waals surface area contributed by atoms with E-state index in [9.17, 15) is 4.79 Å². The van der Waals surface area contributed by atoms with Gasteiger partial charge in [-0.1, -0.05) is 6.92 Å². The molecule has 0 aromatic rings. The maximum atomic E-state index is 11.9. The quantitative estimate of drug-likeness (QED) is 0.606. The van der Waals surface area contributed by atoms with Crippen molar-refractivity contribution in [3.05, 3.63) is 0 Å². The Hall–Kier alpha value is -0.530. The summed E-state index contributed by atoms with van der Waals surface area (Å²) in [6.45, 7) is 7.54.